The molecule has 1 saturated carbocycles. The largest absolute Gasteiger partial charge is 0.444 e. The van der Waals surface area contributed by atoms with E-state index in [1.807, 2.05) is 25.7 Å². The number of carbonyl (C=O) groups is 1. The Morgan fingerprint density at radius 1 is 1.17 bits per heavy atom. The molecule has 0 aromatic rings. The van der Waals surface area contributed by atoms with E-state index in [0.717, 1.165) is 37.8 Å². The SMILES string of the molecule is CCC1CCC(NC2CCCN(C(=O)OC(C)(C)C)CC2)C1C. The Morgan fingerprint density at radius 3 is 2.52 bits per heavy atom. The van der Waals surface area contributed by atoms with Gasteiger partial charge in [0.1, 0.15) is 5.60 Å². The highest BCUT2D eigenvalue weighted by atomic mass is 16.6. The molecule has 1 heterocycles. The lowest BCUT2D eigenvalue weighted by molar-refractivity contribution is 0.0256. The number of carbonyl (C=O) groups excluding carboxylic acids is 1. The molecule has 4 heteroatoms. The highest BCUT2D eigenvalue weighted by Crippen LogP contribution is 2.34. The lowest BCUT2D eigenvalue weighted by atomic mass is 9.93. The van der Waals surface area contributed by atoms with Crippen LogP contribution in [0.5, 0.6) is 0 Å². The summed E-state index contributed by atoms with van der Waals surface area (Å²) in [5.41, 5.74) is -0.407. The van der Waals surface area contributed by atoms with E-state index in [2.05, 4.69) is 19.2 Å². The van der Waals surface area contributed by atoms with Crippen molar-refractivity contribution in [2.75, 3.05) is 13.1 Å². The Morgan fingerprint density at radius 2 is 1.91 bits per heavy atom. The van der Waals surface area contributed by atoms with E-state index in [4.69, 9.17) is 4.74 Å². The molecule has 4 nitrogen and oxygen atoms in total. The van der Waals surface area contributed by atoms with Gasteiger partial charge in [0.2, 0.25) is 0 Å². The highest BCUT2D eigenvalue weighted by molar-refractivity contribution is 5.68. The van der Waals surface area contributed by atoms with Crippen molar-refractivity contribution < 1.29 is 9.53 Å². The van der Waals surface area contributed by atoms with Gasteiger partial charge in [-0.15, -0.1) is 0 Å². The van der Waals surface area contributed by atoms with E-state index in [0.29, 0.717) is 12.1 Å². The summed E-state index contributed by atoms with van der Waals surface area (Å²) in [6.45, 7) is 12.1. The first-order valence-corrected chi connectivity index (χ1v) is 9.54. The summed E-state index contributed by atoms with van der Waals surface area (Å²) in [5.74, 6) is 1.67. The fourth-order valence-electron chi connectivity index (χ4n) is 4.13. The first-order chi connectivity index (χ1) is 10.8. The minimum atomic E-state index is -0.407. The highest BCUT2D eigenvalue weighted by Gasteiger charge is 2.33. The Labute approximate surface area is 142 Å². The van der Waals surface area contributed by atoms with Gasteiger partial charge in [-0.3, -0.25) is 0 Å². The van der Waals surface area contributed by atoms with Crippen LogP contribution in [0.2, 0.25) is 0 Å². The topological polar surface area (TPSA) is 41.6 Å². The summed E-state index contributed by atoms with van der Waals surface area (Å²) in [5, 5.41) is 3.90. The molecule has 0 spiro atoms. The second-order valence-electron chi connectivity index (χ2n) is 8.47. The predicted octanol–water partition coefficient (Wildman–Crippen LogP) is 4.19. The molecule has 0 radical (unpaired) electrons. The molecule has 1 aliphatic carbocycles. The number of likely N-dealkylation sites (tertiary alicyclic amines) is 1. The van der Waals surface area contributed by atoms with Gasteiger partial charge in [0.25, 0.3) is 0 Å². The van der Waals surface area contributed by atoms with E-state index < -0.39 is 5.60 Å². The molecule has 0 bridgehead atoms. The molecule has 0 aromatic heterocycles. The summed E-state index contributed by atoms with van der Waals surface area (Å²) in [6.07, 6.45) is 7.10. The average molecular weight is 325 g/mol. The minimum Gasteiger partial charge on any atom is -0.444 e. The van der Waals surface area contributed by atoms with Crippen molar-refractivity contribution in [3.8, 4) is 0 Å². The van der Waals surface area contributed by atoms with Crippen LogP contribution in [-0.4, -0.2) is 41.8 Å². The molecule has 2 aliphatic rings. The third-order valence-electron chi connectivity index (χ3n) is 5.58. The minimum absolute atomic E-state index is 0.154. The molecule has 1 aliphatic heterocycles. The fraction of sp³-hybridized carbons (Fsp3) is 0.947. The third kappa shape index (κ3) is 5.37. The van der Waals surface area contributed by atoms with Gasteiger partial charge in [-0.05, 0) is 64.7 Å². The summed E-state index contributed by atoms with van der Waals surface area (Å²) >= 11 is 0. The quantitative estimate of drug-likeness (QED) is 0.846. The fourth-order valence-corrected chi connectivity index (χ4v) is 4.13. The molecule has 4 unspecified atom stereocenters. The van der Waals surface area contributed by atoms with Crippen LogP contribution in [-0.2, 0) is 4.74 Å². The Balaban J connectivity index is 1.81. The van der Waals surface area contributed by atoms with Gasteiger partial charge in [-0.25, -0.2) is 4.79 Å². The van der Waals surface area contributed by atoms with E-state index in [1.165, 1.54) is 25.7 Å². The zero-order valence-electron chi connectivity index (χ0n) is 15.7. The van der Waals surface area contributed by atoms with Crippen molar-refractivity contribution in [1.29, 1.82) is 0 Å². The number of nitrogens with one attached hydrogen (secondary N) is 1. The van der Waals surface area contributed by atoms with E-state index in [1.54, 1.807) is 0 Å². The summed E-state index contributed by atoms with van der Waals surface area (Å²) < 4.78 is 5.51. The summed E-state index contributed by atoms with van der Waals surface area (Å²) in [6, 6.07) is 1.21. The van der Waals surface area contributed by atoms with Crippen molar-refractivity contribution >= 4 is 6.09 Å². The molecule has 2 fully saturated rings. The summed E-state index contributed by atoms with van der Waals surface area (Å²) in [7, 11) is 0. The van der Waals surface area contributed by atoms with Crippen LogP contribution in [0, 0.1) is 11.8 Å². The van der Waals surface area contributed by atoms with Crippen LogP contribution in [0.4, 0.5) is 4.79 Å². The maximum Gasteiger partial charge on any atom is 0.410 e. The van der Waals surface area contributed by atoms with Gasteiger partial charge < -0.3 is 15.0 Å². The summed E-state index contributed by atoms with van der Waals surface area (Å²) in [4.78, 5) is 14.1. The number of rotatable bonds is 3. The van der Waals surface area contributed by atoms with Gasteiger partial charge in [0.05, 0.1) is 0 Å². The smallest absolute Gasteiger partial charge is 0.410 e. The Bertz CT molecular complexity index is 391. The van der Waals surface area contributed by atoms with Crippen LogP contribution >= 0.6 is 0 Å². The van der Waals surface area contributed by atoms with E-state index >= 15 is 0 Å². The zero-order valence-corrected chi connectivity index (χ0v) is 15.7. The monoisotopic (exact) mass is 324 g/mol. The number of ether oxygens (including phenoxy) is 1. The molecule has 134 valence electrons. The molecule has 1 N–H and O–H groups in total. The van der Waals surface area contributed by atoms with Gasteiger partial charge in [0, 0.05) is 25.2 Å². The molecule has 4 atom stereocenters. The van der Waals surface area contributed by atoms with Crippen LogP contribution in [0.1, 0.15) is 73.1 Å². The van der Waals surface area contributed by atoms with Crippen molar-refractivity contribution in [3.63, 3.8) is 0 Å². The van der Waals surface area contributed by atoms with Crippen LogP contribution in [0.3, 0.4) is 0 Å². The maximum atomic E-state index is 12.2. The molecule has 23 heavy (non-hydrogen) atoms. The second kappa shape index (κ2) is 7.87. The molecular formula is C19H36N2O2. The van der Waals surface area contributed by atoms with Crippen molar-refractivity contribution in [3.05, 3.63) is 0 Å². The van der Waals surface area contributed by atoms with E-state index in [-0.39, 0.29) is 6.09 Å². The Kier molecular flexibility index (Phi) is 6.35. The first kappa shape index (κ1) is 18.6. The van der Waals surface area contributed by atoms with Crippen molar-refractivity contribution in [2.45, 2.75) is 90.8 Å². The van der Waals surface area contributed by atoms with Crippen molar-refractivity contribution in [1.82, 2.24) is 10.2 Å². The zero-order chi connectivity index (χ0) is 17.0. The molecule has 2 rings (SSSR count). The van der Waals surface area contributed by atoms with Gasteiger partial charge in [-0.2, -0.15) is 0 Å². The maximum absolute atomic E-state index is 12.2. The van der Waals surface area contributed by atoms with Crippen molar-refractivity contribution in [2.24, 2.45) is 11.8 Å². The van der Waals surface area contributed by atoms with Gasteiger partial charge >= 0.3 is 6.09 Å². The second-order valence-corrected chi connectivity index (χ2v) is 8.47. The number of hydrogen-bond acceptors (Lipinski definition) is 3. The third-order valence-corrected chi connectivity index (χ3v) is 5.58. The number of amides is 1. The lowest BCUT2D eigenvalue weighted by Gasteiger charge is -2.27. The average Bonchev–Trinajstić information content (AvgIpc) is 2.67. The standard InChI is InChI=1S/C19H36N2O2/c1-6-15-9-10-17(14(15)2)20-16-8-7-12-21(13-11-16)18(22)23-19(3,4)5/h14-17,20H,6-13H2,1-5H3. The van der Waals surface area contributed by atoms with Gasteiger partial charge in [-0.1, -0.05) is 20.3 Å². The first-order valence-electron chi connectivity index (χ1n) is 9.54. The predicted molar refractivity (Wildman–Crippen MR) is 94.5 cm³/mol. The molecule has 1 amide bonds. The normalized spacial score (nSPS) is 32.7. The molecular weight excluding hydrogens is 288 g/mol. The van der Waals surface area contributed by atoms with Crippen LogP contribution < -0.4 is 5.32 Å². The molecule has 0 aromatic carbocycles. The Hall–Kier alpha value is -0.770. The van der Waals surface area contributed by atoms with Crippen LogP contribution in [0.25, 0.3) is 0 Å². The number of nitrogens with zero attached hydrogens (tertiary/aromatic N) is 1. The number of hydrogen-bond donors (Lipinski definition) is 1. The van der Waals surface area contributed by atoms with E-state index in [9.17, 15) is 4.79 Å². The lowest BCUT2D eigenvalue weighted by Crippen LogP contribution is -2.42. The van der Waals surface area contributed by atoms with Gasteiger partial charge in [0.15, 0.2) is 0 Å². The molecule has 1 saturated heterocycles. The van der Waals surface area contributed by atoms with Crippen LogP contribution in [0.15, 0.2) is 0 Å².